The van der Waals surface area contributed by atoms with E-state index in [4.69, 9.17) is 5.73 Å². The molecule has 0 atom stereocenters. The van der Waals surface area contributed by atoms with Crippen LogP contribution in [0, 0.1) is 5.41 Å². The highest BCUT2D eigenvalue weighted by atomic mass is 16.1. The van der Waals surface area contributed by atoms with Crippen molar-refractivity contribution in [3.8, 4) is 0 Å². The average molecular weight is 145 g/mol. The molecule has 0 rings (SSSR count). The van der Waals surface area contributed by atoms with Crippen LogP contribution in [-0.2, 0) is 4.79 Å². The second-order valence-electron chi connectivity index (χ2n) is 3.26. The standard InChI is InChI=1S/C8H17NO.H2/c1-4-5-8(2,3)7(10)6-9;/h4-6,9H2,1-3H3;1H. The van der Waals surface area contributed by atoms with Crippen molar-refractivity contribution >= 4 is 5.78 Å². The number of carbonyl (C=O) groups is 1. The van der Waals surface area contributed by atoms with Crippen LogP contribution in [0.15, 0.2) is 0 Å². The van der Waals surface area contributed by atoms with Crippen molar-refractivity contribution in [1.29, 1.82) is 0 Å². The van der Waals surface area contributed by atoms with Crippen LogP contribution >= 0.6 is 0 Å². The van der Waals surface area contributed by atoms with Gasteiger partial charge in [0.15, 0.2) is 5.78 Å². The van der Waals surface area contributed by atoms with Crippen molar-refractivity contribution in [1.82, 2.24) is 0 Å². The van der Waals surface area contributed by atoms with Gasteiger partial charge in [-0.25, -0.2) is 0 Å². The summed E-state index contributed by atoms with van der Waals surface area (Å²) in [4.78, 5) is 11.1. The first-order valence-corrected chi connectivity index (χ1v) is 3.78. The fourth-order valence-corrected chi connectivity index (χ4v) is 1.04. The molecule has 0 saturated carbocycles. The van der Waals surface area contributed by atoms with Crippen molar-refractivity contribution in [3.05, 3.63) is 0 Å². The molecule has 0 aliphatic carbocycles. The molecule has 2 heteroatoms. The Morgan fingerprint density at radius 3 is 2.40 bits per heavy atom. The van der Waals surface area contributed by atoms with Crippen LogP contribution in [0.4, 0.5) is 0 Å². The Morgan fingerprint density at radius 1 is 1.60 bits per heavy atom. The number of nitrogens with two attached hydrogens (primary N) is 1. The lowest BCUT2D eigenvalue weighted by atomic mass is 9.83. The number of hydrogen-bond donors (Lipinski definition) is 1. The number of rotatable bonds is 4. The van der Waals surface area contributed by atoms with E-state index in [9.17, 15) is 4.79 Å². The van der Waals surface area contributed by atoms with Crippen molar-refractivity contribution in [2.75, 3.05) is 6.54 Å². The molecule has 2 nitrogen and oxygen atoms in total. The summed E-state index contributed by atoms with van der Waals surface area (Å²) in [5, 5.41) is 0. The highest BCUT2D eigenvalue weighted by molar-refractivity contribution is 5.85. The summed E-state index contributed by atoms with van der Waals surface area (Å²) >= 11 is 0. The fourth-order valence-electron chi connectivity index (χ4n) is 1.04. The molecule has 0 heterocycles. The monoisotopic (exact) mass is 145 g/mol. The minimum absolute atomic E-state index is 0. The summed E-state index contributed by atoms with van der Waals surface area (Å²) in [6, 6.07) is 0. The molecule has 0 aromatic rings. The number of ketones is 1. The molecule has 0 aromatic carbocycles. The molecule has 0 aliphatic heterocycles. The van der Waals surface area contributed by atoms with Crippen LogP contribution in [0.3, 0.4) is 0 Å². The molecule has 0 saturated heterocycles. The van der Waals surface area contributed by atoms with E-state index < -0.39 is 0 Å². The quantitative estimate of drug-likeness (QED) is 0.652. The Kier molecular flexibility index (Phi) is 3.58. The summed E-state index contributed by atoms with van der Waals surface area (Å²) in [7, 11) is 0. The summed E-state index contributed by atoms with van der Waals surface area (Å²) < 4.78 is 0. The van der Waals surface area contributed by atoms with E-state index in [2.05, 4.69) is 6.92 Å². The molecule has 0 spiro atoms. The molecular weight excluding hydrogens is 126 g/mol. The molecule has 0 unspecified atom stereocenters. The van der Waals surface area contributed by atoms with Crippen LogP contribution in [0.2, 0.25) is 0 Å². The Labute approximate surface area is 64.3 Å². The van der Waals surface area contributed by atoms with Gasteiger partial charge in [0, 0.05) is 6.84 Å². The molecule has 0 aliphatic rings. The Hall–Kier alpha value is -0.370. The Balaban J connectivity index is 0. The van der Waals surface area contributed by atoms with Gasteiger partial charge >= 0.3 is 0 Å². The average Bonchev–Trinajstić information content (AvgIpc) is 1.86. The van der Waals surface area contributed by atoms with Gasteiger partial charge < -0.3 is 5.73 Å². The third kappa shape index (κ3) is 2.48. The third-order valence-corrected chi connectivity index (χ3v) is 1.82. The van der Waals surface area contributed by atoms with Crippen LogP contribution in [0.25, 0.3) is 0 Å². The fraction of sp³-hybridized carbons (Fsp3) is 0.875. The van der Waals surface area contributed by atoms with Gasteiger partial charge in [-0.15, -0.1) is 0 Å². The first kappa shape index (κ1) is 9.63. The van der Waals surface area contributed by atoms with Crippen LogP contribution < -0.4 is 5.73 Å². The van der Waals surface area contributed by atoms with Crippen LogP contribution in [0.1, 0.15) is 35.0 Å². The van der Waals surface area contributed by atoms with Gasteiger partial charge in [0.25, 0.3) is 0 Å². The largest absolute Gasteiger partial charge is 0.324 e. The summed E-state index contributed by atoms with van der Waals surface area (Å²) in [6.45, 7) is 6.15. The van der Waals surface area contributed by atoms with Crippen LogP contribution in [0.5, 0.6) is 0 Å². The third-order valence-electron chi connectivity index (χ3n) is 1.82. The second-order valence-corrected chi connectivity index (χ2v) is 3.26. The number of hydrogen-bond acceptors (Lipinski definition) is 2. The summed E-state index contributed by atoms with van der Waals surface area (Å²) in [6.07, 6.45) is 1.97. The minimum Gasteiger partial charge on any atom is -0.324 e. The number of Topliss-reactive ketones (excluding diaryl/α,β-unsaturated/α-hetero) is 1. The second kappa shape index (κ2) is 3.71. The lowest BCUT2D eigenvalue weighted by Gasteiger charge is -2.20. The van der Waals surface area contributed by atoms with Crippen molar-refractivity contribution in [2.24, 2.45) is 11.1 Å². The zero-order valence-corrected chi connectivity index (χ0v) is 7.11. The van der Waals surface area contributed by atoms with Gasteiger partial charge in [-0.2, -0.15) is 0 Å². The predicted octanol–water partition coefficient (Wildman–Crippen LogP) is 1.59. The number of carbonyl (C=O) groups excluding carboxylic acids is 1. The maximum atomic E-state index is 11.1. The van der Waals surface area contributed by atoms with Gasteiger partial charge in [-0.3, -0.25) is 4.79 Å². The van der Waals surface area contributed by atoms with E-state index in [1.807, 2.05) is 13.8 Å². The van der Waals surface area contributed by atoms with E-state index in [1.54, 1.807) is 0 Å². The maximum Gasteiger partial charge on any atom is 0.151 e. The van der Waals surface area contributed by atoms with E-state index in [0.717, 1.165) is 12.8 Å². The van der Waals surface area contributed by atoms with E-state index in [-0.39, 0.29) is 19.2 Å². The molecule has 62 valence electrons. The predicted molar refractivity (Wildman–Crippen MR) is 44.9 cm³/mol. The molecule has 0 amide bonds. The van der Waals surface area contributed by atoms with Gasteiger partial charge in [0.05, 0.1) is 6.54 Å². The van der Waals surface area contributed by atoms with Gasteiger partial charge in [0.2, 0.25) is 0 Å². The van der Waals surface area contributed by atoms with Crippen molar-refractivity contribution in [3.63, 3.8) is 0 Å². The Morgan fingerprint density at radius 2 is 2.10 bits per heavy atom. The lowest BCUT2D eigenvalue weighted by molar-refractivity contribution is -0.126. The molecule has 0 aromatic heterocycles. The van der Waals surface area contributed by atoms with Crippen molar-refractivity contribution in [2.45, 2.75) is 33.6 Å². The lowest BCUT2D eigenvalue weighted by Crippen LogP contribution is -2.30. The zero-order chi connectivity index (χ0) is 8.20. The SMILES string of the molecule is CCCC(C)(C)C(=O)CN.[HH]. The summed E-state index contributed by atoms with van der Waals surface area (Å²) in [5.41, 5.74) is 5.03. The van der Waals surface area contributed by atoms with E-state index in [1.165, 1.54) is 0 Å². The first-order chi connectivity index (χ1) is 4.54. The minimum atomic E-state index is -0.205. The van der Waals surface area contributed by atoms with Gasteiger partial charge in [-0.1, -0.05) is 27.2 Å². The summed E-state index contributed by atoms with van der Waals surface area (Å²) in [5.74, 6) is 0.161. The van der Waals surface area contributed by atoms with Gasteiger partial charge in [-0.05, 0) is 6.42 Å². The molecule has 0 radical (unpaired) electrons. The van der Waals surface area contributed by atoms with Gasteiger partial charge in [0.1, 0.15) is 0 Å². The molecule has 0 bridgehead atoms. The topological polar surface area (TPSA) is 43.1 Å². The highest BCUT2D eigenvalue weighted by Gasteiger charge is 2.24. The zero-order valence-electron chi connectivity index (χ0n) is 7.11. The smallest absolute Gasteiger partial charge is 0.151 e. The normalized spacial score (nSPS) is 11.6. The van der Waals surface area contributed by atoms with E-state index >= 15 is 0 Å². The molecule has 0 fully saturated rings. The molecule has 10 heavy (non-hydrogen) atoms. The van der Waals surface area contributed by atoms with E-state index in [0.29, 0.717) is 0 Å². The first-order valence-electron chi connectivity index (χ1n) is 3.78. The van der Waals surface area contributed by atoms with Crippen molar-refractivity contribution < 1.29 is 6.22 Å². The maximum absolute atomic E-state index is 11.1. The molecule has 2 N–H and O–H groups in total. The molecular formula is C8H19NO. The van der Waals surface area contributed by atoms with Crippen LogP contribution in [-0.4, -0.2) is 12.3 Å². The Bertz CT molecular complexity index is 123. The highest BCUT2D eigenvalue weighted by Crippen LogP contribution is 2.22.